The number of hydrogen-bond donors (Lipinski definition) is 2. The molecular formula is C20H25NO4. The van der Waals surface area contributed by atoms with Crippen LogP contribution in [0.2, 0.25) is 0 Å². The van der Waals surface area contributed by atoms with Crippen molar-refractivity contribution in [1.29, 1.82) is 0 Å². The summed E-state index contributed by atoms with van der Waals surface area (Å²) in [4.78, 5) is 6.79. The number of rotatable bonds is 6. The summed E-state index contributed by atoms with van der Waals surface area (Å²) in [6, 6.07) is 11.2. The van der Waals surface area contributed by atoms with Crippen LogP contribution in [0.5, 0.6) is 17.2 Å². The first kappa shape index (κ1) is 17.6. The van der Waals surface area contributed by atoms with Gasteiger partial charge in [-0.1, -0.05) is 12.1 Å². The first-order chi connectivity index (χ1) is 11.9. The molecule has 1 aliphatic rings. The molecule has 2 aromatic carbocycles. The van der Waals surface area contributed by atoms with Gasteiger partial charge in [-0.25, -0.2) is 5.26 Å². The van der Waals surface area contributed by atoms with Crippen molar-refractivity contribution >= 4 is 0 Å². The summed E-state index contributed by atoms with van der Waals surface area (Å²) in [5, 5.41) is 18.5. The van der Waals surface area contributed by atoms with Gasteiger partial charge in [-0.05, 0) is 67.6 Å². The van der Waals surface area contributed by atoms with E-state index in [1.807, 2.05) is 24.3 Å². The molecule has 0 saturated heterocycles. The standard InChI is InChI=1S/C20H25NO4/c1-20(2,9-8-14-4-7-18(22)19(10-14)24-3)21-12-15-5-6-17(25-23)11-16(15)13-21/h4-7,10-11,22-23H,8-9,12-13H2,1-3H3. The number of aryl methyl sites for hydroxylation is 1. The molecule has 2 aromatic rings. The number of phenols is 1. The molecule has 0 aliphatic carbocycles. The lowest BCUT2D eigenvalue weighted by Crippen LogP contribution is -2.40. The van der Waals surface area contributed by atoms with Gasteiger partial charge in [0, 0.05) is 18.6 Å². The van der Waals surface area contributed by atoms with Crippen LogP contribution in [-0.2, 0) is 19.5 Å². The molecule has 0 bridgehead atoms. The number of phenolic OH excluding ortho intramolecular Hbond substituents is 1. The van der Waals surface area contributed by atoms with Gasteiger partial charge in [-0.3, -0.25) is 4.90 Å². The van der Waals surface area contributed by atoms with Crippen LogP contribution in [0.3, 0.4) is 0 Å². The van der Waals surface area contributed by atoms with Crippen LogP contribution in [0.15, 0.2) is 36.4 Å². The molecule has 2 N–H and O–H groups in total. The predicted molar refractivity (Wildman–Crippen MR) is 96.0 cm³/mol. The Labute approximate surface area is 148 Å². The number of benzene rings is 2. The second kappa shape index (κ2) is 6.94. The molecule has 25 heavy (non-hydrogen) atoms. The third-order valence-corrected chi connectivity index (χ3v) is 5.13. The highest BCUT2D eigenvalue weighted by molar-refractivity contribution is 5.42. The summed E-state index contributed by atoms with van der Waals surface area (Å²) in [5.74, 6) is 1.16. The fourth-order valence-corrected chi connectivity index (χ4v) is 3.34. The molecule has 0 spiro atoms. The highest BCUT2D eigenvalue weighted by Crippen LogP contribution is 2.34. The molecular weight excluding hydrogens is 318 g/mol. The van der Waals surface area contributed by atoms with Crippen LogP contribution in [-0.4, -0.2) is 27.9 Å². The van der Waals surface area contributed by atoms with Gasteiger partial charge in [-0.2, -0.15) is 0 Å². The van der Waals surface area contributed by atoms with Crippen LogP contribution in [0, 0.1) is 0 Å². The van der Waals surface area contributed by atoms with Gasteiger partial charge in [-0.15, -0.1) is 0 Å². The van der Waals surface area contributed by atoms with Crippen LogP contribution >= 0.6 is 0 Å². The fraction of sp³-hybridized carbons (Fsp3) is 0.400. The Balaban J connectivity index is 1.66. The fourth-order valence-electron chi connectivity index (χ4n) is 3.34. The van der Waals surface area contributed by atoms with Crippen molar-refractivity contribution in [2.24, 2.45) is 0 Å². The molecule has 5 heteroatoms. The first-order valence-electron chi connectivity index (χ1n) is 8.47. The average molecular weight is 343 g/mol. The van der Waals surface area contributed by atoms with E-state index in [4.69, 9.17) is 9.99 Å². The Kier molecular flexibility index (Phi) is 4.88. The zero-order valence-corrected chi connectivity index (χ0v) is 15.0. The minimum atomic E-state index is 0.0182. The van der Waals surface area contributed by atoms with Crippen LogP contribution in [0.25, 0.3) is 0 Å². The lowest BCUT2D eigenvalue weighted by molar-refractivity contribution is -0.137. The van der Waals surface area contributed by atoms with Crippen molar-refractivity contribution in [3.63, 3.8) is 0 Å². The minimum absolute atomic E-state index is 0.0182. The minimum Gasteiger partial charge on any atom is -0.504 e. The van der Waals surface area contributed by atoms with E-state index in [0.29, 0.717) is 11.5 Å². The smallest absolute Gasteiger partial charge is 0.165 e. The number of methoxy groups -OCH3 is 1. The van der Waals surface area contributed by atoms with Gasteiger partial charge in [0.15, 0.2) is 17.2 Å². The molecule has 0 fully saturated rings. The van der Waals surface area contributed by atoms with Crippen molar-refractivity contribution in [1.82, 2.24) is 4.90 Å². The Bertz CT molecular complexity index is 757. The quantitative estimate of drug-likeness (QED) is 0.614. The van der Waals surface area contributed by atoms with Crippen molar-refractivity contribution in [2.75, 3.05) is 7.11 Å². The normalized spacial score (nSPS) is 14.4. The van der Waals surface area contributed by atoms with Crippen molar-refractivity contribution in [2.45, 2.75) is 45.3 Å². The van der Waals surface area contributed by atoms with E-state index in [0.717, 1.165) is 31.5 Å². The lowest BCUT2D eigenvalue weighted by atomic mass is 9.93. The van der Waals surface area contributed by atoms with Gasteiger partial charge in [0.2, 0.25) is 0 Å². The molecule has 1 heterocycles. The Morgan fingerprint density at radius 1 is 1.08 bits per heavy atom. The molecule has 0 unspecified atom stereocenters. The summed E-state index contributed by atoms with van der Waals surface area (Å²) in [5.41, 5.74) is 3.64. The Hall–Kier alpha value is -2.24. The SMILES string of the molecule is COc1cc(CCC(C)(C)N2Cc3ccc(OO)cc3C2)ccc1O. The summed E-state index contributed by atoms with van der Waals surface area (Å²) in [7, 11) is 1.56. The maximum Gasteiger partial charge on any atom is 0.165 e. The van der Waals surface area contributed by atoms with Crippen molar-refractivity contribution < 1.29 is 20.0 Å². The van der Waals surface area contributed by atoms with E-state index in [9.17, 15) is 5.11 Å². The van der Waals surface area contributed by atoms with Gasteiger partial charge < -0.3 is 14.7 Å². The van der Waals surface area contributed by atoms with E-state index in [1.165, 1.54) is 11.1 Å². The second-order valence-electron chi connectivity index (χ2n) is 7.20. The van der Waals surface area contributed by atoms with Crippen LogP contribution in [0.1, 0.15) is 37.0 Å². The maximum atomic E-state index is 9.72. The van der Waals surface area contributed by atoms with Gasteiger partial charge >= 0.3 is 0 Å². The summed E-state index contributed by atoms with van der Waals surface area (Å²) in [6.45, 7) is 6.24. The summed E-state index contributed by atoms with van der Waals surface area (Å²) >= 11 is 0. The van der Waals surface area contributed by atoms with Gasteiger partial charge in [0.1, 0.15) is 0 Å². The van der Waals surface area contributed by atoms with E-state index < -0.39 is 0 Å². The van der Waals surface area contributed by atoms with Crippen LogP contribution in [0.4, 0.5) is 0 Å². The molecule has 0 atom stereocenters. The highest BCUT2D eigenvalue weighted by Gasteiger charge is 2.31. The zero-order valence-electron chi connectivity index (χ0n) is 15.0. The number of ether oxygens (including phenoxy) is 1. The Morgan fingerprint density at radius 3 is 2.56 bits per heavy atom. The predicted octanol–water partition coefficient (Wildman–Crippen LogP) is 3.98. The number of aromatic hydroxyl groups is 1. The van der Waals surface area contributed by atoms with E-state index in [-0.39, 0.29) is 11.3 Å². The molecule has 3 rings (SSSR count). The number of fused-ring (bicyclic) bond motifs is 1. The first-order valence-corrected chi connectivity index (χ1v) is 8.47. The second-order valence-corrected chi connectivity index (χ2v) is 7.20. The summed E-state index contributed by atoms with van der Waals surface area (Å²) in [6.07, 6.45) is 1.89. The molecule has 0 saturated carbocycles. The highest BCUT2D eigenvalue weighted by atomic mass is 17.1. The molecule has 1 aliphatic heterocycles. The molecule has 0 aromatic heterocycles. The lowest BCUT2D eigenvalue weighted by Gasteiger charge is -2.35. The van der Waals surface area contributed by atoms with E-state index >= 15 is 0 Å². The van der Waals surface area contributed by atoms with E-state index in [2.05, 4.69) is 23.6 Å². The molecule has 0 amide bonds. The Morgan fingerprint density at radius 2 is 1.84 bits per heavy atom. The molecule has 5 nitrogen and oxygen atoms in total. The van der Waals surface area contributed by atoms with Crippen molar-refractivity contribution in [3.05, 3.63) is 53.1 Å². The topological polar surface area (TPSA) is 62.2 Å². The third kappa shape index (κ3) is 3.72. The van der Waals surface area contributed by atoms with Crippen molar-refractivity contribution in [3.8, 4) is 17.2 Å². The third-order valence-electron chi connectivity index (χ3n) is 5.13. The average Bonchev–Trinajstić information content (AvgIpc) is 3.05. The number of nitrogens with zero attached hydrogens (tertiary/aromatic N) is 1. The number of hydrogen-bond acceptors (Lipinski definition) is 5. The molecule has 134 valence electrons. The maximum absolute atomic E-state index is 9.72. The van der Waals surface area contributed by atoms with E-state index in [1.54, 1.807) is 19.2 Å². The van der Waals surface area contributed by atoms with Crippen LogP contribution < -0.4 is 9.62 Å². The van der Waals surface area contributed by atoms with Gasteiger partial charge in [0.05, 0.1) is 7.11 Å². The molecule has 0 radical (unpaired) electrons. The van der Waals surface area contributed by atoms with Gasteiger partial charge in [0.25, 0.3) is 0 Å². The monoisotopic (exact) mass is 343 g/mol. The largest absolute Gasteiger partial charge is 0.504 e. The zero-order chi connectivity index (χ0) is 18.0. The summed E-state index contributed by atoms with van der Waals surface area (Å²) < 4.78 is 5.19.